The Morgan fingerprint density at radius 2 is 1.12 bits per heavy atom. The molecule has 0 saturated heterocycles. The van der Waals surface area contributed by atoms with Crippen molar-refractivity contribution >= 4 is 70.9 Å². The highest BCUT2D eigenvalue weighted by Gasteiger charge is 2.33. The Morgan fingerprint density at radius 1 is 0.597 bits per heavy atom. The van der Waals surface area contributed by atoms with E-state index in [4.69, 9.17) is 33.8 Å². The average molecular weight is 956 g/mol. The summed E-state index contributed by atoms with van der Waals surface area (Å²) in [5.41, 5.74) is 27.4. The number of rotatable bonds is 33. The predicted octanol–water partition coefficient (Wildman–Crippen LogP) is -5.81. The maximum atomic E-state index is 14.0. The van der Waals surface area contributed by atoms with Crippen LogP contribution in [0.5, 0.6) is 0 Å². The third-order valence-corrected chi connectivity index (χ3v) is 9.53. The van der Waals surface area contributed by atoms with E-state index in [1.54, 1.807) is 27.7 Å². The van der Waals surface area contributed by atoms with E-state index in [-0.39, 0.29) is 69.9 Å². The van der Waals surface area contributed by atoms with Gasteiger partial charge in [-0.3, -0.25) is 63.0 Å². The van der Waals surface area contributed by atoms with Crippen molar-refractivity contribution in [3.05, 3.63) is 0 Å². The van der Waals surface area contributed by atoms with Crippen molar-refractivity contribution in [3.63, 3.8) is 0 Å². The molecule has 380 valence electrons. The van der Waals surface area contributed by atoms with Gasteiger partial charge in [-0.1, -0.05) is 27.7 Å². The van der Waals surface area contributed by atoms with Crippen molar-refractivity contribution in [1.29, 1.82) is 0 Å². The second-order valence-electron chi connectivity index (χ2n) is 16.7. The van der Waals surface area contributed by atoms with Crippen molar-refractivity contribution < 1.29 is 57.8 Å². The molecule has 27 nitrogen and oxygen atoms in total. The Labute approximate surface area is 389 Å². The summed E-state index contributed by atoms with van der Waals surface area (Å²) in [4.78, 5) is 144. The van der Waals surface area contributed by atoms with Crippen LogP contribution in [-0.2, 0) is 52.7 Å². The average Bonchev–Trinajstić information content (AvgIpc) is 3.20. The number of hydrogen-bond donors (Lipinski definition) is 15. The lowest BCUT2D eigenvalue weighted by molar-refractivity contribution is -0.138. The first-order valence-electron chi connectivity index (χ1n) is 21.8. The number of carboxylic acids is 1. The molecule has 0 aromatic rings. The molecule has 0 aromatic heterocycles. The number of carbonyl (C=O) groups is 11. The lowest BCUT2D eigenvalue weighted by Crippen LogP contribution is -2.60. The molecule has 0 aromatic carbocycles. The number of hydrogen-bond acceptors (Lipinski definition) is 15. The molecule has 67 heavy (non-hydrogen) atoms. The van der Waals surface area contributed by atoms with Crippen LogP contribution in [-0.4, -0.2) is 144 Å². The molecule has 7 atom stereocenters. The van der Waals surface area contributed by atoms with Gasteiger partial charge in [0.05, 0.1) is 6.54 Å². The van der Waals surface area contributed by atoms with Gasteiger partial charge in [0.15, 0.2) is 5.96 Å². The maximum Gasteiger partial charge on any atom is 0.303 e. The number of aliphatic carboxylic acids is 1. The van der Waals surface area contributed by atoms with Gasteiger partial charge in [0.2, 0.25) is 53.2 Å². The number of nitrogens with one attached hydrogen (secondary N) is 9. The summed E-state index contributed by atoms with van der Waals surface area (Å²) in [7, 11) is 0. The molecule has 0 spiro atoms. The quantitative estimate of drug-likeness (QED) is 0.0126. The summed E-state index contributed by atoms with van der Waals surface area (Å²) in [5.74, 6) is -9.95. The second-order valence-corrected chi connectivity index (χ2v) is 16.7. The highest BCUT2D eigenvalue weighted by Crippen LogP contribution is 2.10. The molecular formula is C40H73N15O12. The lowest BCUT2D eigenvalue weighted by Gasteiger charge is -2.28. The molecule has 0 fully saturated rings. The van der Waals surface area contributed by atoms with E-state index in [1.165, 1.54) is 13.8 Å². The molecule has 20 N–H and O–H groups in total. The largest absolute Gasteiger partial charge is 0.481 e. The number of carboxylic acid groups (broad SMARTS) is 1. The summed E-state index contributed by atoms with van der Waals surface area (Å²) in [5, 5.41) is 31.6. The van der Waals surface area contributed by atoms with Gasteiger partial charge in [0.25, 0.3) is 0 Å². The van der Waals surface area contributed by atoms with E-state index >= 15 is 0 Å². The summed E-state index contributed by atoms with van der Waals surface area (Å²) >= 11 is 0. The van der Waals surface area contributed by atoms with Crippen molar-refractivity contribution in [1.82, 2.24) is 47.9 Å². The molecule has 0 aliphatic heterocycles. The van der Waals surface area contributed by atoms with E-state index in [9.17, 15) is 52.7 Å². The minimum atomic E-state index is -1.36. The molecule has 7 unspecified atom stereocenters. The third-order valence-electron chi connectivity index (χ3n) is 9.53. The number of primary amides is 1. The molecule has 0 saturated carbocycles. The number of ketones is 1. The van der Waals surface area contributed by atoms with Gasteiger partial charge in [0, 0.05) is 26.3 Å². The molecule has 27 heteroatoms. The first-order valence-corrected chi connectivity index (χ1v) is 21.8. The lowest BCUT2D eigenvalue weighted by atomic mass is 10.0. The van der Waals surface area contributed by atoms with Gasteiger partial charge in [0.1, 0.15) is 54.4 Å². The van der Waals surface area contributed by atoms with Crippen LogP contribution >= 0.6 is 0 Å². The number of amides is 9. The summed E-state index contributed by atoms with van der Waals surface area (Å²) in [6.07, 6.45) is -1.64. The van der Waals surface area contributed by atoms with Gasteiger partial charge >= 0.3 is 5.97 Å². The van der Waals surface area contributed by atoms with E-state index in [1.807, 2.05) is 0 Å². The molecule has 0 radical (unpaired) electrons. The predicted molar refractivity (Wildman–Crippen MR) is 243 cm³/mol. The number of nitrogens with two attached hydrogens (primary N) is 5. The van der Waals surface area contributed by atoms with Crippen LogP contribution in [0.15, 0.2) is 4.99 Å². The molecule has 0 heterocycles. The molecule has 0 bridgehead atoms. The van der Waals surface area contributed by atoms with Gasteiger partial charge in [-0.05, 0) is 70.8 Å². The normalized spacial score (nSPS) is 14.1. The molecule has 9 amide bonds. The first kappa shape index (κ1) is 60.5. The second kappa shape index (κ2) is 31.4. The van der Waals surface area contributed by atoms with Gasteiger partial charge in [-0.2, -0.15) is 0 Å². The zero-order valence-corrected chi connectivity index (χ0v) is 39.3. The van der Waals surface area contributed by atoms with Crippen molar-refractivity contribution in [2.24, 2.45) is 45.5 Å². The minimum Gasteiger partial charge on any atom is -0.481 e. The van der Waals surface area contributed by atoms with Crippen LogP contribution in [0.1, 0.15) is 99.8 Å². The molecular weight excluding hydrogens is 883 g/mol. The number of carbonyl (C=O) groups excluding carboxylic acids is 10. The standard InChI is InChI=1S/C40H73N15O12/c1-19(2)16-28(37(66)53-27(32(41)61)17-21(5)56)54-33(62)22(6)49-35(64)24(10-8-14-46-39(42)43)51-36(65)25(11-9-15-47-40(44)45)52-38(67)31(20(3)4)55-29(58)18-48-34(63)26(50-23(7)57)12-13-30(59)60/h19-20,22,24-28,31,39,46H,8-18,42-43H2,1-7H3,(H2,41,61)(H,48,63)(H,49,64)(H,50,57)(H,51,65)(H,52,67)(H,53,66)(H,54,62)(H,55,58)(H,59,60)(H4,44,45,47). The first-order chi connectivity index (χ1) is 31.1. The van der Waals surface area contributed by atoms with E-state index in [0.717, 1.165) is 6.92 Å². The number of nitrogens with zero attached hydrogens (tertiary/aromatic N) is 1. The zero-order valence-electron chi connectivity index (χ0n) is 39.3. The van der Waals surface area contributed by atoms with Gasteiger partial charge < -0.3 is 76.3 Å². The number of guanidine groups is 1. The van der Waals surface area contributed by atoms with Crippen LogP contribution in [0, 0.1) is 11.8 Å². The minimum absolute atomic E-state index is 0.0370. The van der Waals surface area contributed by atoms with E-state index < -0.39 is 132 Å². The SMILES string of the molecule is CC(=O)CC(NC(=O)C(CC(C)C)NC(=O)C(C)NC(=O)C(CCCNC(N)N)NC(=O)C(CCCN=C(N)N)NC(=O)C(NC(=O)CNC(=O)C(CCC(=O)O)NC(C)=O)C(C)C)C(N)=O. The number of aliphatic imine (C=N–C) groups is 1. The third kappa shape index (κ3) is 26.9. The zero-order chi connectivity index (χ0) is 51.6. The molecule has 0 aliphatic rings. The Bertz CT molecular complexity index is 1760. The topological polar surface area (TPSA) is 459 Å². The van der Waals surface area contributed by atoms with E-state index in [0.29, 0.717) is 0 Å². The summed E-state index contributed by atoms with van der Waals surface area (Å²) in [6, 6.07) is -9.07. The fourth-order valence-corrected chi connectivity index (χ4v) is 6.14. The van der Waals surface area contributed by atoms with Crippen molar-refractivity contribution in [2.45, 2.75) is 148 Å². The Kier molecular flexibility index (Phi) is 28.4. The van der Waals surface area contributed by atoms with Gasteiger partial charge in [-0.25, -0.2) is 0 Å². The Hall–Kier alpha value is -6.48. The monoisotopic (exact) mass is 956 g/mol. The highest BCUT2D eigenvalue weighted by molar-refractivity contribution is 5.98. The van der Waals surface area contributed by atoms with Crippen LogP contribution in [0.2, 0.25) is 0 Å². The maximum absolute atomic E-state index is 14.0. The number of Topliss-reactive ketones (excluding diaryl/α,β-unsaturated/α-hetero) is 1. The molecule has 0 aliphatic carbocycles. The smallest absolute Gasteiger partial charge is 0.303 e. The Balaban J connectivity index is 6.37. The van der Waals surface area contributed by atoms with Crippen LogP contribution < -0.4 is 76.5 Å². The Morgan fingerprint density at radius 3 is 1.63 bits per heavy atom. The molecule has 0 rings (SSSR count). The van der Waals surface area contributed by atoms with Crippen LogP contribution in [0.25, 0.3) is 0 Å². The summed E-state index contributed by atoms with van der Waals surface area (Å²) in [6.45, 7) is 9.98. The van der Waals surface area contributed by atoms with Crippen LogP contribution in [0.3, 0.4) is 0 Å². The van der Waals surface area contributed by atoms with Crippen LogP contribution in [0.4, 0.5) is 0 Å². The highest BCUT2D eigenvalue weighted by atomic mass is 16.4. The van der Waals surface area contributed by atoms with Crippen molar-refractivity contribution in [3.8, 4) is 0 Å². The summed E-state index contributed by atoms with van der Waals surface area (Å²) < 4.78 is 0. The van der Waals surface area contributed by atoms with E-state index in [2.05, 4.69) is 52.8 Å². The van der Waals surface area contributed by atoms with Crippen molar-refractivity contribution in [2.75, 3.05) is 19.6 Å². The fourth-order valence-electron chi connectivity index (χ4n) is 6.14. The fraction of sp³-hybridized carbons (Fsp3) is 0.700. The van der Waals surface area contributed by atoms with Gasteiger partial charge in [-0.15, -0.1) is 0 Å².